The number of nitrogens with zero attached hydrogens (tertiary/aromatic N) is 1. The first-order valence-corrected chi connectivity index (χ1v) is 13.2. The standard InChI is InChI=1S/C32H38N2O2/c1-31(2,3)36-30(35)27-21-32(26-17-11-6-12-18-26)29(33-22-24-13-7-4-8-14-24)20-19-28(27)34(32)23-25-15-9-5-10-16-25/h4-18,27-29,33H,19-23H2,1-3H3. The molecule has 0 saturated carbocycles. The fraction of sp³-hybridized carbons (Fsp3) is 0.406. The number of fused-ring (bicyclic) bond motifs is 2. The van der Waals surface area contributed by atoms with Gasteiger partial charge in [0, 0.05) is 25.2 Å². The quantitative estimate of drug-likeness (QED) is 0.415. The number of esters is 1. The van der Waals surface area contributed by atoms with Crippen molar-refractivity contribution in [2.75, 3.05) is 0 Å². The van der Waals surface area contributed by atoms with Gasteiger partial charge in [-0.2, -0.15) is 0 Å². The third-order valence-electron chi connectivity index (χ3n) is 7.81. The van der Waals surface area contributed by atoms with Crippen molar-refractivity contribution in [2.24, 2.45) is 5.92 Å². The number of carbonyl (C=O) groups excluding carboxylic acids is 1. The maximum Gasteiger partial charge on any atom is 0.311 e. The van der Waals surface area contributed by atoms with Crippen LogP contribution in [0.15, 0.2) is 91.0 Å². The lowest BCUT2D eigenvalue weighted by atomic mass is 9.76. The van der Waals surface area contributed by atoms with Gasteiger partial charge in [0.05, 0.1) is 11.5 Å². The number of nitrogens with one attached hydrogen (secondary N) is 1. The van der Waals surface area contributed by atoms with E-state index in [-0.39, 0.29) is 29.5 Å². The second-order valence-electron chi connectivity index (χ2n) is 11.3. The Morgan fingerprint density at radius 2 is 1.47 bits per heavy atom. The summed E-state index contributed by atoms with van der Waals surface area (Å²) in [6, 6.07) is 32.4. The van der Waals surface area contributed by atoms with Gasteiger partial charge in [-0.1, -0.05) is 91.0 Å². The van der Waals surface area contributed by atoms with Gasteiger partial charge in [-0.05, 0) is 56.7 Å². The van der Waals surface area contributed by atoms with E-state index in [2.05, 4.69) is 101 Å². The van der Waals surface area contributed by atoms with Gasteiger partial charge < -0.3 is 10.1 Å². The predicted molar refractivity (Wildman–Crippen MR) is 144 cm³/mol. The van der Waals surface area contributed by atoms with E-state index < -0.39 is 5.60 Å². The molecule has 3 aromatic carbocycles. The van der Waals surface area contributed by atoms with Crippen LogP contribution >= 0.6 is 0 Å². The third kappa shape index (κ3) is 4.98. The van der Waals surface area contributed by atoms with Crippen LogP contribution in [0.2, 0.25) is 0 Å². The first-order valence-electron chi connectivity index (χ1n) is 13.2. The predicted octanol–water partition coefficient (Wildman–Crippen LogP) is 6.07. The van der Waals surface area contributed by atoms with Crippen molar-refractivity contribution in [2.45, 2.75) is 76.3 Å². The van der Waals surface area contributed by atoms with Crippen molar-refractivity contribution < 1.29 is 9.53 Å². The highest BCUT2D eigenvalue weighted by molar-refractivity contribution is 5.75. The average Bonchev–Trinajstić information content (AvgIpc) is 3.09. The second kappa shape index (κ2) is 10.2. The molecule has 2 bridgehead atoms. The number of hydrogen-bond acceptors (Lipinski definition) is 4. The molecule has 2 aliphatic heterocycles. The first kappa shape index (κ1) is 24.7. The zero-order valence-corrected chi connectivity index (χ0v) is 21.7. The van der Waals surface area contributed by atoms with E-state index >= 15 is 0 Å². The van der Waals surface area contributed by atoms with Crippen LogP contribution in [0.5, 0.6) is 0 Å². The van der Waals surface area contributed by atoms with Crippen molar-refractivity contribution in [3.05, 3.63) is 108 Å². The molecule has 0 amide bonds. The number of carbonyl (C=O) groups is 1. The molecule has 2 saturated heterocycles. The van der Waals surface area contributed by atoms with Crippen molar-refractivity contribution in [3.8, 4) is 0 Å². The highest BCUT2D eigenvalue weighted by atomic mass is 16.6. The molecule has 4 unspecified atom stereocenters. The molecule has 0 spiro atoms. The summed E-state index contributed by atoms with van der Waals surface area (Å²) in [6.45, 7) is 7.50. The Hall–Kier alpha value is -2.95. The van der Waals surface area contributed by atoms with Gasteiger partial charge in [0.15, 0.2) is 0 Å². The van der Waals surface area contributed by atoms with E-state index in [9.17, 15) is 4.79 Å². The summed E-state index contributed by atoms with van der Waals surface area (Å²) in [6.07, 6.45) is 2.75. The molecule has 0 radical (unpaired) electrons. The Morgan fingerprint density at radius 3 is 2.08 bits per heavy atom. The zero-order chi connectivity index (χ0) is 25.2. The summed E-state index contributed by atoms with van der Waals surface area (Å²) >= 11 is 0. The molecule has 2 fully saturated rings. The van der Waals surface area contributed by atoms with Crippen LogP contribution < -0.4 is 5.32 Å². The summed E-state index contributed by atoms with van der Waals surface area (Å²) in [7, 11) is 0. The molecule has 36 heavy (non-hydrogen) atoms. The molecular formula is C32H38N2O2. The van der Waals surface area contributed by atoms with Crippen LogP contribution in [0.1, 0.15) is 56.7 Å². The Balaban J connectivity index is 1.56. The first-order chi connectivity index (χ1) is 17.4. The van der Waals surface area contributed by atoms with Crippen LogP contribution in [-0.4, -0.2) is 28.6 Å². The summed E-state index contributed by atoms with van der Waals surface area (Å²) in [5.41, 5.74) is 3.04. The van der Waals surface area contributed by atoms with Crippen LogP contribution in [0.4, 0.5) is 0 Å². The smallest absolute Gasteiger partial charge is 0.311 e. The van der Waals surface area contributed by atoms with Crippen molar-refractivity contribution in [1.29, 1.82) is 0 Å². The Bertz CT molecular complexity index is 1140. The molecule has 5 rings (SSSR count). The van der Waals surface area contributed by atoms with Gasteiger partial charge in [-0.15, -0.1) is 0 Å². The van der Waals surface area contributed by atoms with Crippen LogP contribution in [0.25, 0.3) is 0 Å². The van der Waals surface area contributed by atoms with Gasteiger partial charge in [0.1, 0.15) is 5.60 Å². The number of ether oxygens (including phenoxy) is 1. The minimum Gasteiger partial charge on any atom is -0.460 e. The number of rotatable bonds is 7. The molecule has 0 aromatic heterocycles. The second-order valence-corrected chi connectivity index (χ2v) is 11.3. The van der Waals surface area contributed by atoms with E-state index in [0.717, 1.165) is 32.4 Å². The van der Waals surface area contributed by atoms with Gasteiger partial charge in [-0.3, -0.25) is 9.69 Å². The van der Waals surface area contributed by atoms with Crippen molar-refractivity contribution in [1.82, 2.24) is 10.2 Å². The summed E-state index contributed by atoms with van der Waals surface area (Å²) < 4.78 is 5.99. The fourth-order valence-corrected chi connectivity index (χ4v) is 6.35. The monoisotopic (exact) mass is 482 g/mol. The largest absolute Gasteiger partial charge is 0.460 e. The maximum atomic E-state index is 13.6. The van der Waals surface area contributed by atoms with Gasteiger partial charge in [0.25, 0.3) is 0 Å². The van der Waals surface area contributed by atoms with Crippen molar-refractivity contribution >= 4 is 5.97 Å². The molecule has 2 heterocycles. The summed E-state index contributed by atoms with van der Waals surface area (Å²) in [5, 5.41) is 3.93. The topological polar surface area (TPSA) is 41.6 Å². The highest BCUT2D eigenvalue weighted by Crippen LogP contribution is 2.54. The number of benzene rings is 3. The van der Waals surface area contributed by atoms with Crippen LogP contribution in [0, 0.1) is 5.92 Å². The lowest BCUT2D eigenvalue weighted by molar-refractivity contribution is -0.161. The van der Waals surface area contributed by atoms with E-state index in [1.54, 1.807) is 0 Å². The average molecular weight is 483 g/mol. The SMILES string of the molecule is CC(C)(C)OC(=O)C1CC2(c3ccccc3)C(NCc3ccccc3)CCC1N2Cc1ccccc1. The molecule has 0 aliphatic carbocycles. The molecule has 1 N–H and O–H groups in total. The van der Waals surface area contributed by atoms with Crippen molar-refractivity contribution in [3.63, 3.8) is 0 Å². The minimum atomic E-state index is -0.497. The lowest BCUT2D eigenvalue weighted by Crippen LogP contribution is -2.60. The normalized spacial score (nSPS) is 26.0. The van der Waals surface area contributed by atoms with Gasteiger partial charge in [-0.25, -0.2) is 0 Å². The third-order valence-corrected chi connectivity index (χ3v) is 7.81. The minimum absolute atomic E-state index is 0.0629. The van der Waals surface area contributed by atoms with Crippen LogP contribution in [0.3, 0.4) is 0 Å². The van der Waals surface area contributed by atoms with Crippen LogP contribution in [-0.2, 0) is 28.2 Å². The molecule has 4 nitrogen and oxygen atoms in total. The molecule has 188 valence electrons. The van der Waals surface area contributed by atoms with E-state index in [1.165, 1.54) is 16.7 Å². The molecule has 4 atom stereocenters. The van der Waals surface area contributed by atoms with E-state index in [0.29, 0.717) is 0 Å². The fourth-order valence-electron chi connectivity index (χ4n) is 6.35. The number of hydrogen-bond donors (Lipinski definition) is 1. The summed E-state index contributed by atoms with van der Waals surface area (Å²) in [5.74, 6) is -0.219. The molecule has 2 aliphatic rings. The van der Waals surface area contributed by atoms with E-state index in [1.807, 2.05) is 20.8 Å². The molecule has 4 heteroatoms. The Labute approximate surface area is 215 Å². The maximum absolute atomic E-state index is 13.6. The van der Waals surface area contributed by atoms with Gasteiger partial charge >= 0.3 is 5.97 Å². The Morgan fingerprint density at radius 1 is 0.889 bits per heavy atom. The Kier molecular flexibility index (Phi) is 7.00. The highest BCUT2D eigenvalue weighted by Gasteiger charge is 2.61. The molecular weight excluding hydrogens is 444 g/mol. The lowest BCUT2D eigenvalue weighted by Gasteiger charge is -2.51. The van der Waals surface area contributed by atoms with Gasteiger partial charge in [0.2, 0.25) is 0 Å². The number of piperidine rings is 1. The molecule has 3 aromatic rings. The summed E-state index contributed by atoms with van der Waals surface area (Å²) in [4.78, 5) is 16.2. The zero-order valence-electron chi connectivity index (χ0n) is 21.7. The van der Waals surface area contributed by atoms with E-state index in [4.69, 9.17) is 4.74 Å².